The second kappa shape index (κ2) is 5.56. The highest BCUT2D eigenvalue weighted by molar-refractivity contribution is 6.30. The summed E-state index contributed by atoms with van der Waals surface area (Å²) in [4.78, 5) is 11.0. The highest BCUT2D eigenvalue weighted by atomic mass is 35.5. The smallest absolute Gasteiger partial charge is 0.221 e. The lowest BCUT2D eigenvalue weighted by molar-refractivity contribution is -0.114. The van der Waals surface area contributed by atoms with Gasteiger partial charge >= 0.3 is 0 Å². The van der Waals surface area contributed by atoms with Crippen LogP contribution in [0, 0.1) is 0 Å². The molecule has 0 bridgehead atoms. The first-order valence-corrected chi connectivity index (χ1v) is 5.91. The fourth-order valence-electron chi connectivity index (χ4n) is 1.58. The summed E-state index contributed by atoms with van der Waals surface area (Å²) in [7, 11) is 0. The quantitative estimate of drug-likeness (QED) is 0.874. The van der Waals surface area contributed by atoms with Crippen molar-refractivity contribution < 1.29 is 4.79 Å². The van der Waals surface area contributed by atoms with E-state index in [0.717, 1.165) is 17.1 Å². The summed E-state index contributed by atoms with van der Waals surface area (Å²) in [5, 5.41) is 6.68. The van der Waals surface area contributed by atoms with Crippen LogP contribution in [-0.4, -0.2) is 5.91 Å². The number of benzene rings is 2. The summed E-state index contributed by atoms with van der Waals surface area (Å²) < 4.78 is 0. The van der Waals surface area contributed by atoms with E-state index in [9.17, 15) is 4.79 Å². The molecule has 18 heavy (non-hydrogen) atoms. The van der Waals surface area contributed by atoms with Crippen molar-refractivity contribution in [3.05, 3.63) is 53.6 Å². The van der Waals surface area contributed by atoms with Crippen LogP contribution in [0.3, 0.4) is 0 Å². The third-order valence-electron chi connectivity index (χ3n) is 2.32. The molecular weight excluding hydrogens is 248 g/mol. The van der Waals surface area contributed by atoms with Gasteiger partial charge in [-0.25, -0.2) is 0 Å². The van der Waals surface area contributed by atoms with E-state index in [0.29, 0.717) is 5.02 Å². The topological polar surface area (TPSA) is 41.1 Å². The number of carbonyl (C=O) groups is 1. The molecule has 2 aromatic rings. The Morgan fingerprint density at radius 1 is 1.00 bits per heavy atom. The van der Waals surface area contributed by atoms with Gasteiger partial charge in [0.25, 0.3) is 0 Å². The second-order valence-corrected chi connectivity index (χ2v) is 4.33. The maximum Gasteiger partial charge on any atom is 0.221 e. The number of hydrogen-bond acceptors (Lipinski definition) is 2. The third kappa shape index (κ3) is 3.50. The molecule has 1 amide bonds. The van der Waals surface area contributed by atoms with Gasteiger partial charge in [0, 0.05) is 29.0 Å². The van der Waals surface area contributed by atoms with Crippen LogP contribution in [0.2, 0.25) is 5.02 Å². The summed E-state index contributed by atoms with van der Waals surface area (Å²) in [6.45, 7) is 1.49. The first kappa shape index (κ1) is 12.5. The minimum atomic E-state index is -0.0846. The van der Waals surface area contributed by atoms with E-state index in [1.54, 1.807) is 0 Å². The van der Waals surface area contributed by atoms with Crippen LogP contribution < -0.4 is 10.6 Å². The number of rotatable bonds is 3. The zero-order valence-electron chi connectivity index (χ0n) is 9.91. The van der Waals surface area contributed by atoms with Crippen molar-refractivity contribution in [1.29, 1.82) is 0 Å². The van der Waals surface area contributed by atoms with Crippen LogP contribution in [0.1, 0.15) is 6.92 Å². The molecule has 0 heterocycles. The highest BCUT2D eigenvalue weighted by Gasteiger charge is 1.98. The van der Waals surface area contributed by atoms with Gasteiger partial charge in [-0.1, -0.05) is 17.7 Å². The molecule has 0 aromatic heterocycles. The van der Waals surface area contributed by atoms with Gasteiger partial charge in [0.1, 0.15) is 0 Å². The first-order valence-electron chi connectivity index (χ1n) is 5.54. The second-order valence-electron chi connectivity index (χ2n) is 3.89. The van der Waals surface area contributed by atoms with Crippen LogP contribution >= 0.6 is 11.6 Å². The van der Waals surface area contributed by atoms with Crippen LogP contribution in [-0.2, 0) is 4.79 Å². The van der Waals surface area contributed by atoms with Crippen molar-refractivity contribution >= 4 is 34.6 Å². The minimum Gasteiger partial charge on any atom is -0.355 e. The predicted octanol–water partition coefficient (Wildman–Crippen LogP) is 4.04. The van der Waals surface area contributed by atoms with Crippen molar-refractivity contribution in [2.24, 2.45) is 0 Å². The number of amides is 1. The number of carbonyl (C=O) groups excluding carboxylic acids is 1. The number of halogens is 1. The molecule has 0 fully saturated rings. The van der Waals surface area contributed by atoms with Gasteiger partial charge in [-0.05, 0) is 42.5 Å². The van der Waals surface area contributed by atoms with E-state index in [4.69, 9.17) is 11.6 Å². The van der Waals surface area contributed by atoms with Crippen LogP contribution in [0.4, 0.5) is 17.1 Å². The molecule has 0 unspecified atom stereocenters. The Labute approximate surface area is 111 Å². The van der Waals surface area contributed by atoms with E-state index < -0.39 is 0 Å². The van der Waals surface area contributed by atoms with Crippen molar-refractivity contribution in [3.63, 3.8) is 0 Å². The largest absolute Gasteiger partial charge is 0.355 e. The molecule has 0 aliphatic rings. The average Bonchev–Trinajstić information content (AvgIpc) is 2.32. The molecule has 2 N–H and O–H groups in total. The van der Waals surface area contributed by atoms with Gasteiger partial charge < -0.3 is 10.6 Å². The Hall–Kier alpha value is -2.00. The normalized spacial score (nSPS) is 9.89. The summed E-state index contributed by atoms with van der Waals surface area (Å²) in [6.07, 6.45) is 0. The van der Waals surface area contributed by atoms with Gasteiger partial charge in [-0.2, -0.15) is 0 Å². The summed E-state index contributed by atoms with van der Waals surface area (Å²) >= 11 is 5.82. The molecule has 0 spiro atoms. The molecule has 92 valence electrons. The Balaban J connectivity index is 2.13. The Bertz CT molecular complexity index is 552. The summed E-state index contributed by atoms with van der Waals surface area (Å²) in [5.74, 6) is -0.0846. The van der Waals surface area contributed by atoms with Crippen molar-refractivity contribution in [2.45, 2.75) is 6.92 Å². The molecule has 0 aliphatic heterocycles. The van der Waals surface area contributed by atoms with Crippen molar-refractivity contribution in [2.75, 3.05) is 10.6 Å². The fraction of sp³-hybridized carbons (Fsp3) is 0.0714. The SMILES string of the molecule is CC(=O)Nc1cccc(Nc2ccc(Cl)cc2)c1. The molecular formula is C14H13ClN2O. The number of anilines is 3. The molecule has 4 heteroatoms. The van der Waals surface area contributed by atoms with Gasteiger partial charge in [0.2, 0.25) is 5.91 Å². The fourth-order valence-corrected chi connectivity index (χ4v) is 1.70. The van der Waals surface area contributed by atoms with E-state index in [-0.39, 0.29) is 5.91 Å². The molecule has 0 radical (unpaired) electrons. The molecule has 0 saturated heterocycles. The Morgan fingerprint density at radius 2 is 1.67 bits per heavy atom. The summed E-state index contributed by atoms with van der Waals surface area (Å²) in [6, 6.07) is 15.0. The minimum absolute atomic E-state index is 0.0846. The van der Waals surface area contributed by atoms with Gasteiger partial charge in [-0.15, -0.1) is 0 Å². The molecule has 2 aromatic carbocycles. The first-order chi connectivity index (χ1) is 8.63. The summed E-state index contributed by atoms with van der Waals surface area (Å²) in [5.41, 5.74) is 2.62. The monoisotopic (exact) mass is 260 g/mol. The zero-order valence-corrected chi connectivity index (χ0v) is 10.7. The van der Waals surface area contributed by atoms with E-state index in [1.165, 1.54) is 6.92 Å². The van der Waals surface area contributed by atoms with E-state index >= 15 is 0 Å². The highest BCUT2D eigenvalue weighted by Crippen LogP contribution is 2.21. The predicted molar refractivity (Wildman–Crippen MR) is 75.5 cm³/mol. The molecule has 0 atom stereocenters. The number of hydrogen-bond donors (Lipinski definition) is 2. The van der Waals surface area contributed by atoms with Gasteiger partial charge in [0.05, 0.1) is 0 Å². The van der Waals surface area contributed by atoms with Gasteiger partial charge in [0.15, 0.2) is 0 Å². The lowest BCUT2D eigenvalue weighted by Gasteiger charge is -2.08. The molecule has 0 saturated carbocycles. The molecule has 2 rings (SSSR count). The zero-order chi connectivity index (χ0) is 13.0. The van der Waals surface area contributed by atoms with E-state index in [1.807, 2.05) is 48.5 Å². The van der Waals surface area contributed by atoms with Gasteiger partial charge in [-0.3, -0.25) is 4.79 Å². The van der Waals surface area contributed by atoms with Crippen LogP contribution in [0.25, 0.3) is 0 Å². The lowest BCUT2D eigenvalue weighted by Crippen LogP contribution is -2.05. The van der Waals surface area contributed by atoms with E-state index in [2.05, 4.69) is 10.6 Å². The lowest BCUT2D eigenvalue weighted by atomic mass is 10.2. The average molecular weight is 261 g/mol. The van der Waals surface area contributed by atoms with Crippen molar-refractivity contribution in [1.82, 2.24) is 0 Å². The van der Waals surface area contributed by atoms with Crippen molar-refractivity contribution in [3.8, 4) is 0 Å². The maximum absolute atomic E-state index is 11.0. The van der Waals surface area contributed by atoms with Crippen LogP contribution in [0.5, 0.6) is 0 Å². The molecule has 0 aliphatic carbocycles. The molecule has 3 nitrogen and oxygen atoms in total. The Morgan fingerprint density at radius 3 is 2.33 bits per heavy atom. The van der Waals surface area contributed by atoms with Crippen LogP contribution in [0.15, 0.2) is 48.5 Å². The standard InChI is InChI=1S/C14H13ClN2O/c1-10(18)16-13-3-2-4-14(9-13)17-12-7-5-11(15)6-8-12/h2-9,17H,1H3,(H,16,18). The number of nitrogens with one attached hydrogen (secondary N) is 2. The third-order valence-corrected chi connectivity index (χ3v) is 2.57. The Kier molecular flexibility index (Phi) is 3.85. The maximum atomic E-state index is 11.0.